The molecule has 0 aromatic rings. The maximum Gasteiger partial charge on any atom is 0.252 e. The summed E-state index contributed by atoms with van der Waals surface area (Å²) in [5.41, 5.74) is 5.25. The van der Waals surface area contributed by atoms with Crippen molar-refractivity contribution >= 4 is 11.8 Å². The standard InChI is InChI=1S/C5H8N2O3/c6-3-1-10-2-4(8)7-5(3)9/h3H,1-2,6H2,(H,7,8,9). The first-order valence-corrected chi connectivity index (χ1v) is 2.87. The zero-order chi connectivity index (χ0) is 7.56. The van der Waals surface area contributed by atoms with Crippen LogP contribution in [-0.2, 0) is 14.3 Å². The molecule has 1 atom stereocenters. The van der Waals surface area contributed by atoms with Crippen molar-refractivity contribution in [2.24, 2.45) is 5.73 Å². The van der Waals surface area contributed by atoms with Crippen LogP contribution in [-0.4, -0.2) is 31.1 Å². The molecule has 2 amide bonds. The Morgan fingerprint density at radius 1 is 1.60 bits per heavy atom. The number of hydrogen-bond donors (Lipinski definition) is 2. The first-order valence-electron chi connectivity index (χ1n) is 2.87. The van der Waals surface area contributed by atoms with Gasteiger partial charge in [0.25, 0.3) is 5.91 Å². The van der Waals surface area contributed by atoms with Gasteiger partial charge in [0.2, 0.25) is 5.91 Å². The molecule has 56 valence electrons. The molecule has 0 aliphatic carbocycles. The van der Waals surface area contributed by atoms with Gasteiger partial charge >= 0.3 is 0 Å². The van der Waals surface area contributed by atoms with Gasteiger partial charge in [0.05, 0.1) is 6.61 Å². The Bertz CT molecular complexity index is 168. The Hall–Kier alpha value is -0.940. The van der Waals surface area contributed by atoms with Crippen LogP contribution in [0.4, 0.5) is 0 Å². The van der Waals surface area contributed by atoms with E-state index in [9.17, 15) is 9.59 Å². The lowest BCUT2D eigenvalue weighted by Gasteiger charge is -2.02. The number of rotatable bonds is 0. The topological polar surface area (TPSA) is 81.4 Å². The maximum absolute atomic E-state index is 10.7. The van der Waals surface area contributed by atoms with E-state index in [0.29, 0.717) is 0 Å². The Morgan fingerprint density at radius 2 is 2.30 bits per heavy atom. The molecule has 5 nitrogen and oxygen atoms in total. The molecule has 1 rings (SSSR count). The Balaban J connectivity index is 2.57. The van der Waals surface area contributed by atoms with Crippen LogP contribution in [0.2, 0.25) is 0 Å². The highest BCUT2D eigenvalue weighted by Crippen LogP contribution is 1.88. The Labute approximate surface area is 57.5 Å². The van der Waals surface area contributed by atoms with Gasteiger partial charge in [-0.15, -0.1) is 0 Å². The molecular weight excluding hydrogens is 136 g/mol. The fourth-order valence-corrected chi connectivity index (χ4v) is 0.620. The van der Waals surface area contributed by atoms with E-state index in [4.69, 9.17) is 10.5 Å². The predicted octanol–water partition coefficient (Wildman–Crippen LogP) is -2.01. The molecule has 0 bridgehead atoms. The second kappa shape index (κ2) is 2.76. The smallest absolute Gasteiger partial charge is 0.252 e. The summed E-state index contributed by atoms with van der Waals surface area (Å²) in [6, 6.07) is -0.716. The molecule has 1 fully saturated rings. The third kappa shape index (κ3) is 1.52. The van der Waals surface area contributed by atoms with Crippen LogP contribution in [0.1, 0.15) is 0 Å². The van der Waals surface area contributed by atoms with Crippen LogP contribution in [0, 0.1) is 0 Å². The molecule has 0 radical (unpaired) electrons. The van der Waals surface area contributed by atoms with Gasteiger partial charge in [-0.25, -0.2) is 0 Å². The summed E-state index contributed by atoms with van der Waals surface area (Å²) in [6.45, 7) is 0.0248. The van der Waals surface area contributed by atoms with Crippen LogP contribution in [0.3, 0.4) is 0 Å². The quantitative estimate of drug-likeness (QED) is 0.385. The third-order valence-corrected chi connectivity index (χ3v) is 1.13. The summed E-state index contributed by atoms with van der Waals surface area (Å²) >= 11 is 0. The van der Waals surface area contributed by atoms with Crippen LogP contribution in [0.15, 0.2) is 0 Å². The molecule has 0 aromatic carbocycles. The van der Waals surface area contributed by atoms with Gasteiger partial charge in [0.1, 0.15) is 12.6 Å². The molecule has 0 spiro atoms. The molecule has 5 heteroatoms. The average molecular weight is 144 g/mol. The average Bonchev–Trinajstić information content (AvgIpc) is 1.96. The van der Waals surface area contributed by atoms with E-state index in [1.165, 1.54) is 0 Å². The van der Waals surface area contributed by atoms with Crippen LogP contribution < -0.4 is 11.1 Å². The lowest BCUT2D eigenvalue weighted by molar-refractivity contribution is -0.130. The molecule has 1 heterocycles. The van der Waals surface area contributed by atoms with Crippen molar-refractivity contribution in [3.63, 3.8) is 0 Å². The van der Waals surface area contributed by atoms with E-state index >= 15 is 0 Å². The number of carbonyl (C=O) groups is 2. The largest absolute Gasteiger partial charge is 0.369 e. The van der Waals surface area contributed by atoms with Gasteiger partial charge in [-0.2, -0.15) is 0 Å². The summed E-state index contributed by atoms with van der Waals surface area (Å²) in [4.78, 5) is 21.2. The lowest BCUT2D eigenvalue weighted by atomic mass is 10.3. The number of imide groups is 1. The van der Waals surface area contributed by atoms with E-state index in [-0.39, 0.29) is 13.2 Å². The first kappa shape index (κ1) is 7.17. The number of amides is 2. The van der Waals surface area contributed by atoms with Gasteiger partial charge in [-0.3, -0.25) is 14.9 Å². The summed E-state index contributed by atoms with van der Waals surface area (Å²) < 4.78 is 4.73. The van der Waals surface area contributed by atoms with Crippen molar-refractivity contribution in [2.45, 2.75) is 6.04 Å². The van der Waals surface area contributed by atoms with Crippen molar-refractivity contribution in [1.82, 2.24) is 5.32 Å². The normalized spacial score (nSPS) is 27.5. The molecular formula is C5H8N2O3. The van der Waals surface area contributed by atoms with Crippen LogP contribution >= 0.6 is 0 Å². The zero-order valence-electron chi connectivity index (χ0n) is 5.29. The minimum Gasteiger partial charge on any atom is -0.369 e. The van der Waals surface area contributed by atoms with E-state index in [1.807, 2.05) is 0 Å². The predicted molar refractivity (Wildman–Crippen MR) is 31.9 cm³/mol. The van der Waals surface area contributed by atoms with Crippen LogP contribution in [0.5, 0.6) is 0 Å². The molecule has 1 saturated heterocycles. The van der Waals surface area contributed by atoms with Crippen molar-refractivity contribution in [3.05, 3.63) is 0 Å². The lowest BCUT2D eigenvalue weighted by Crippen LogP contribution is -2.42. The van der Waals surface area contributed by atoms with Crippen molar-refractivity contribution in [2.75, 3.05) is 13.2 Å². The molecule has 1 aliphatic rings. The molecule has 10 heavy (non-hydrogen) atoms. The fraction of sp³-hybridized carbons (Fsp3) is 0.600. The van der Waals surface area contributed by atoms with Gasteiger partial charge in [0, 0.05) is 0 Å². The highest BCUT2D eigenvalue weighted by Gasteiger charge is 2.20. The molecule has 1 aliphatic heterocycles. The monoisotopic (exact) mass is 144 g/mol. The van der Waals surface area contributed by atoms with E-state index < -0.39 is 17.9 Å². The Morgan fingerprint density at radius 3 is 3.00 bits per heavy atom. The number of carbonyl (C=O) groups excluding carboxylic acids is 2. The molecule has 3 N–H and O–H groups in total. The van der Waals surface area contributed by atoms with Crippen molar-refractivity contribution in [3.8, 4) is 0 Å². The Kier molecular flexibility index (Phi) is 1.98. The number of hydrogen-bond acceptors (Lipinski definition) is 4. The van der Waals surface area contributed by atoms with Crippen molar-refractivity contribution in [1.29, 1.82) is 0 Å². The summed E-state index contributed by atoms with van der Waals surface area (Å²) in [7, 11) is 0. The fourth-order valence-electron chi connectivity index (χ4n) is 0.620. The zero-order valence-corrected chi connectivity index (χ0v) is 5.29. The second-order valence-corrected chi connectivity index (χ2v) is 2.03. The first-order chi connectivity index (χ1) is 4.70. The highest BCUT2D eigenvalue weighted by molar-refractivity contribution is 5.98. The van der Waals surface area contributed by atoms with Gasteiger partial charge in [-0.1, -0.05) is 0 Å². The number of nitrogens with one attached hydrogen (secondary N) is 1. The van der Waals surface area contributed by atoms with Gasteiger partial charge < -0.3 is 10.5 Å². The number of ether oxygens (including phenoxy) is 1. The molecule has 0 saturated carbocycles. The summed E-state index contributed by atoms with van der Waals surface area (Å²) in [5, 5.41) is 2.06. The highest BCUT2D eigenvalue weighted by atomic mass is 16.5. The van der Waals surface area contributed by atoms with Crippen LogP contribution in [0.25, 0.3) is 0 Å². The minimum absolute atomic E-state index is 0.0839. The third-order valence-electron chi connectivity index (χ3n) is 1.13. The molecule has 1 unspecified atom stereocenters. The van der Waals surface area contributed by atoms with Gasteiger partial charge in [0.15, 0.2) is 0 Å². The molecule has 0 aromatic heterocycles. The summed E-state index contributed by atoms with van der Waals surface area (Å²) in [6.07, 6.45) is 0. The van der Waals surface area contributed by atoms with E-state index in [0.717, 1.165) is 0 Å². The summed E-state index contributed by atoms with van der Waals surface area (Å²) in [5.74, 6) is -0.902. The van der Waals surface area contributed by atoms with Crippen molar-refractivity contribution < 1.29 is 14.3 Å². The van der Waals surface area contributed by atoms with Gasteiger partial charge in [-0.05, 0) is 0 Å². The minimum atomic E-state index is -0.716. The van der Waals surface area contributed by atoms with E-state index in [2.05, 4.69) is 5.32 Å². The SMILES string of the molecule is NC1COCC(=O)NC1=O. The number of nitrogens with two attached hydrogens (primary N) is 1. The van der Waals surface area contributed by atoms with E-state index in [1.54, 1.807) is 0 Å². The second-order valence-electron chi connectivity index (χ2n) is 2.03. The maximum atomic E-state index is 10.7.